The minimum absolute atomic E-state index is 0.0328. The number of rotatable bonds is 4. The number of nitrogens with one attached hydrogen (secondary N) is 1. The van der Waals surface area contributed by atoms with Gasteiger partial charge in [0.25, 0.3) is 5.91 Å². The van der Waals surface area contributed by atoms with E-state index in [4.69, 9.17) is 0 Å². The van der Waals surface area contributed by atoms with E-state index in [1.165, 1.54) is 6.07 Å². The van der Waals surface area contributed by atoms with Gasteiger partial charge in [-0.25, -0.2) is 4.39 Å². The summed E-state index contributed by atoms with van der Waals surface area (Å²) >= 11 is 3.23. The third-order valence-corrected chi connectivity index (χ3v) is 4.09. The van der Waals surface area contributed by atoms with E-state index in [1.807, 2.05) is 32.0 Å². The van der Waals surface area contributed by atoms with Crippen molar-refractivity contribution in [2.45, 2.75) is 26.7 Å². The SMILES string of the molecule is CCc1cccc(CC)c1NC(=O)c1c(F)cccc1Br. The van der Waals surface area contributed by atoms with Gasteiger partial charge in [-0.3, -0.25) is 4.79 Å². The molecule has 1 amide bonds. The Morgan fingerprint density at radius 3 is 2.19 bits per heavy atom. The Morgan fingerprint density at radius 1 is 1.10 bits per heavy atom. The number of anilines is 1. The van der Waals surface area contributed by atoms with Crippen LogP contribution < -0.4 is 5.32 Å². The Hall–Kier alpha value is -1.68. The molecule has 2 aromatic carbocycles. The summed E-state index contributed by atoms with van der Waals surface area (Å²) in [6.07, 6.45) is 1.61. The molecule has 0 aromatic heterocycles. The molecule has 0 aliphatic rings. The molecule has 0 aliphatic carbocycles. The van der Waals surface area contributed by atoms with Crippen LogP contribution in [0, 0.1) is 5.82 Å². The van der Waals surface area contributed by atoms with Crippen LogP contribution in [0.15, 0.2) is 40.9 Å². The van der Waals surface area contributed by atoms with E-state index in [0.717, 1.165) is 29.7 Å². The maximum Gasteiger partial charge on any atom is 0.259 e. The summed E-state index contributed by atoms with van der Waals surface area (Å²) in [5, 5.41) is 2.87. The maximum absolute atomic E-state index is 13.9. The molecule has 0 saturated heterocycles. The van der Waals surface area contributed by atoms with Crippen molar-refractivity contribution >= 4 is 27.5 Å². The molecule has 2 rings (SSSR count). The lowest BCUT2D eigenvalue weighted by molar-refractivity contribution is 0.102. The third-order valence-electron chi connectivity index (χ3n) is 3.43. The standard InChI is InChI=1S/C17H17BrFNO/c1-3-11-7-5-8-12(4-2)16(11)20-17(21)15-13(18)9-6-10-14(15)19/h5-10H,3-4H2,1-2H3,(H,20,21). The van der Waals surface area contributed by atoms with Crippen molar-refractivity contribution in [2.75, 3.05) is 5.32 Å². The second-order valence-corrected chi connectivity index (χ2v) is 5.56. The monoisotopic (exact) mass is 349 g/mol. The van der Waals surface area contributed by atoms with Crippen LogP contribution in [0.2, 0.25) is 0 Å². The van der Waals surface area contributed by atoms with Crippen LogP contribution in [0.3, 0.4) is 0 Å². The Morgan fingerprint density at radius 2 is 1.67 bits per heavy atom. The van der Waals surface area contributed by atoms with Gasteiger partial charge < -0.3 is 5.32 Å². The summed E-state index contributed by atoms with van der Waals surface area (Å²) in [6.45, 7) is 4.06. The number of halogens is 2. The van der Waals surface area contributed by atoms with E-state index in [1.54, 1.807) is 12.1 Å². The predicted octanol–water partition coefficient (Wildman–Crippen LogP) is 4.97. The molecule has 0 unspecified atom stereocenters. The largest absolute Gasteiger partial charge is 0.321 e. The van der Waals surface area contributed by atoms with E-state index in [9.17, 15) is 9.18 Å². The molecule has 0 fully saturated rings. The number of hydrogen-bond acceptors (Lipinski definition) is 1. The topological polar surface area (TPSA) is 29.1 Å². The van der Waals surface area contributed by atoms with Gasteiger partial charge in [0, 0.05) is 10.2 Å². The first-order chi connectivity index (χ1) is 10.1. The molecular formula is C17H17BrFNO. The van der Waals surface area contributed by atoms with Gasteiger partial charge in [0.2, 0.25) is 0 Å². The fourth-order valence-corrected chi connectivity index (χ4v) is 2.82. The molecule has 0 atom stereocenters. The van der Waals surface area contributed by atoms with Crippen LogP contribution in [0.4, 0.5) is 10.1 Å². The summed E-state index contributed by atoms with van der Waals surface area (Å²) in [5.74, 6) is -0.968. The van der Waals surface area contributed by atoms with Crippen LogP contribution in [-0.4, -0.2) is 5.91 Å². The number of aryl methyl sites for hydroxylation is 2. The molecule has 0 aliphatic heterocycles. The van der Waals surface area contributed by atoms with E-state index in [0.29, 0.717) is 4.47 Å². The number of benzene rings is 2. The van der Waals surface area contributed by atoms with E-state index < -0.39 is 11.7 Å². The second-order valence-electron chi connectivity index (χ2n) is 4.71. The number of carbonyl (C=O) groups excluding carboxylic acids is 1. The summed E-state index contributed by atoms with van der Waals surface area (Å²) < 4.78 is 14.3. The molecule has 0 heterocycles. The van der Waals surface area contributed by atoms with E-state index in [2.05, 4.69) is 21.2 Å². The highest BCUT2D eigenvalue weighted by Crippen LogP contribution is 2.26. The Bertz CT molecular complexity index is 627. The lowest BCUT2D eigenvalue weighted by Crippen LogP contribution is -2.17. The van der Waals surface area contributed by atoms with Crippen molar-refractivity contribution in [1.29, 1.82) is 0 Å². The molecule has 110 valence electrons. The first kappa shape index (κ1) is 15.7. The molecule has 2 nitrogen and oxygen atoms in total. The number of carbonyl (C=O) groups is 1. The summed E-state index contributed by atoms with van der Waals surface area (Å²) in [6, 6.07) is 10.4. The average molecular weight is 350 g/mol. The van der Waals surface area contributed by atoms with Gasteiger partial charge in [0.05, 0.1) is 5.56 Å². The molecule has 0 radical (unpaired) electrons. The van der Waals surface area contributed by atoms with Crippen molar-refractivity contribution in [3.05, 3.63) is 63.4 Å². The Labute approximate surface area is 132 Å². The zero-order chi connectivity index (χ0) is 15.4. The quantitative estimate of drug-likeness (QED) is 0.829. The summed E-state index contributed by atoms with van der Waals surface area (Å²) in [7, 11) is 0. The molecule has 0 saturated carbocycles. The molecule has 21 heavy (non-hydrogen) atoms. The third kappa shape index (κ3) is 3.32. The van der Waals surface area contributed by atoms with Gasteiger partial charge in [-0.1, -0.05) is 38.1 Å². The Kier molecular flexibility index (Phi) is 5.12. The summed E-state index contributed by atoms with van der Waals surface area (Å²) in [5.41, 5.74) is 2.93. The first-order valence-corrected chi connectivity index (χ1v) is 7.73. The van der Waals surface area contributed by atoms with Crippen molar-refractivity contribution in [3.8, 4) is 0 Å². The molecular weight excluding hydrogens is 333 g/mol. The summed E-state index contributed by atoms with van der Waals surface area (Å²) in [4.78, 5) is 12.4. The molecule has 0 spiro atoms. The van der Waals surface area contributed by atoms with E-state index >= 15 is 0 Å². The van der Waals surface area contributed by atoms with Gasteiger partial charge in [-0.05, 0) is 52.0 Å². The van der Waals surface area contributed by atoms with Crippen LogP contribution in [-0.2, 0) is 12.8 Å². The highest BCUT2D eigenvalue weighted by molar-refractivity contribution is 9.10. The van der Waals surface area contributed by atoms with Gasteiger partial charge in [0.15, 0.2) is 0 Å². The van der Waals surface area contributed by atoms with Crippen molar-refractivity contribution in [1.82, 2.24) is 0 Å². The molecule has 1 N–H and O–H groups in total. The van der Waals surface area contributed by atoms with Crippen LogP contribution in [0.1, 0.15) is 35.3 Å². The van der Waals surface area contributed by atoms with E-state index in [-0.39, 0.29) is 5.56 Å². The minimum atomic E-state index is -0.533. The molecule has 2 aromatic rings. The lowest BCUT2D eigenvalue weighted by Gasteiger charge is -2.15. The van der Waals surface area contributed by atoms with Crippen LogP contribution in [0.25, 0.3) is 0 Å². The van der Waals surface area contributed by atoms with Crippen LogP contribution in [0.5, 0.6) is 0 Å². The molecule has 0 bridgehead atoms. The van der Waals surface area contributed by atoms with Gasteiger partial charge in [-0.15, -0.1) is 0 Å². The number of hydrogen-bond donors (Lipinski definition) is 1. The fraction of sp³-hybridized carbons (Fsp3) is 0.235. The van der Waals surface area contributed by atoms with Gasteiger partial charge >= 0.3 is 0 Å². The average Bonchev–Trinajstić information content (AvgIpc) is 2.47. The normalized spacial score (nSPS) is 10.5. The van der Waals surface area contributed by atoms with Gasteiger partial charge in [0.1, 0.15) is 5.82 Å². The van der Waals surface area contributed by atoms with Gasteiger partial charge in [-0.2, -0.15) is 0 Å². The van der Waals surface area contributed by atoms with Crippen molar-refractivity contribution in [2.24, 2.45) is 0 Å². The lowest BCUT2D eigenvalue weighted by atomic mass is 10.0. The van der Waals surface area contributed by atoms with Crippen LogP contribution >= 0.6 is 15.9 Å². The first-order valence-electron chi connectivity index (χ1n) is 6.94. The van der Waals surface area contributed by atoms with Crippen molar-refractivity contribution in [3.63, 3.8) is 0 Å². The van der Waals surface area contributed by atoms with Crippen molar-refractivity contribution < 1.29 is 9.18 Å². The highest BCUT2D eigenvalue weighted by atomic mass is 79.9. The zero-order valence-corrected chi connectivity index (χ0v) is 13.6. The highest BCUT2D eigenvalue weighted by Gasteiger charge is 2.17. The number of amides is 1. The predicted molar refractivity (Wildman–Crippen MR) is 87.3 cm³/mol. The zero-order valence-electron chi connectivity index (χ0n) is 12.0. The second kappa shape index (κ2) is 6.85. The minimum Gasteiger partial charge on any atom is -0.321 e. The number of para-hydroxylation sites is 1. The smallest absolute Gasteiger partial charge is 0.259 e. The Balaban J connectivity index is 2.40. The maximum atomic E-state index is 13.9. The fourth-order valence-electron chi connectivity index (χ4n) is 2.29. The molecule has 4 heteroatoms.